The van der Waals surface area contributed by atoms with Crippen LogP contribution in [0.4, 0.5) is 0 Å². The summed E-state index contributed by atoms with van der Waals surface area (Å²) in [6.07, 6.45) is 2.25. The normalized spacial score (nSPS) is 10.5. The Bertz CT molecular complexity index is 452. The minimum Gasteiger partial charge on any atom is -0.354 e. The molecule has 21 heavy (non-hydrogen) atoms. The van der Waals surface area contributed by atoms with Gasteiger partial charge in [-0.1, -0.05) is 45.0 Å². The van der Waals surface area contributed by atoms with Gasteiger partial charge in [-0.3, -0.25) is 9.59 Å². The molecule has 0 aromatic heterocycles. The van der Waals surface area contributed by atoms with Crippen LogP contribution in [0.1, 0.15) is 38.3 Å². The first-order valence-corrected chi connectivity index (χ1v) is 7.65. The second-order valence-electron chi connectivity index (χ2n) is 5.47. The summed E-state index contributed by atoms with van der Waals surface area (Å²) in [5.41, 5.74) is 2.49. The Kier molecular flexibility index (Phi) is 7.51. The van der Waals surface area contributed by atoms with Gasteiger partial charge in [-0.15, -0.1) is 0 Å². The molecule has 1 rings (SSSR count). The highest BCUT2D eigenvalue weighted by atomic mass is 16.2. The van der Waals surface area contributed by atoms with Gasteiger partial charge in [-0.25, -0.2) is 0 Å². The quantitative estimate of drug-likeness (QED) is 0.720. The number of amides is 2. The molecule has 0 saturated carbocycles. The van der Waals surface area contributed by atoms with Crippen molar-refractivity contribution in [1.82, 2.24) is 10.6 Å². The maximum Gasteiger partial charge on any atom is 0.222 e. The van der Waals surface area contributed by atoms with Crippen molar-refractivity contribution in [2.45, 2.75) is 40.0 Å². The molecule has 4 heteroatoms. The first-order chi connectivity index (χ1) is 10.0. The van der Waals surface area contributed by atoms with Crippen LogP contribution in [0.3, 0.4) is 0 Å². The average molecular weight is 290 g/mol. The minimum atomic E-state index is -0.0215. The molecule has 0 radical (unpaired) electrons. The molecule has 2 amide bonds. The number of aryl methyl sites for hydroxylation is 2. The lowest BCUT2D eigenvalue weighted by Gasteiger charge is -2.09. The monoisotopic (exact) mass is 290 g/mol. The lowest BCUT2D eigenvalue weighted by atomic mass is 10.1. The van der Waals surface area contributed by atoms with Crippen LogP contribution < -0.4 is 10.6 Å². The Balaban J connectivity index is 2.17. The zero-order valence-electron chi connectivity index (χ0n) is 13.2. The van der Waals surface area contributed by atoms with Crippen LogP contribution in [0.5, 0.6) is 0 Å². The highest BCUT2D eigenvalue weighted by Crippen LogP contribution is 2.07. The maximum absolute atomic E-state index is 11.7. The molecule has 0 aliphatic heterocycles. The van der Waals surface area contributed by atoms with Crippen LogP contribution in [0, 0.1) is 5.92 Å². The Morgan fingerprint density at radius 1 is 1.00 bits per heavy atom. The van der Waals surface area contributed by atoms with E-state index in [0.29, 0.717) is 19.5 Å². The fourth-order valence-corrected chi connectivity index (χ4v) is 1.88. The van der Waals surface area contributed by atoms with Gasteiger partial charge in [0.25, 0.3) is 0 Å². The largest absolute Gasteiger partial charge is 0.354 e. The van der Waals surface area contributed by atoms with E-state index in [2.05, 4.69) is 41.8 Å². The molecule has 4 nitrogen and oxygen atoms in total. The molecule has 0 unspecified atom stereocenters. The van der Waals surface area contributed by atoms with Gasteiger partial charge in [0.05, 0.1) is 0 Å². The van der Waals surface area contributed by atoms with Crippen LogP contribution >= 0.6 is 0 Å². The second kappa shape index (κ2) is 9.16. The van der Waals surface area contributed by atoms with Gasteiger partial charge in [-0.2, -0.15) is 0 Å². The third-order valence-electron chi connectivity index (χ3n) is 3.34. The van der Waals surface area contributed by atoms with Crippen molar-refractivity contribution in [1.29, 1.82) is 0 Å². The number of rotatable bonds is 8. The van der Waals surface area contributed by atoms with Gasteiger partial charge >= 0.3 is 0 Å². The smallest absolute Gasteiger partial charge is 0.222 e. The van der Waals surface area contributed by atoms with E-state index < -0.39 is 0 Å². The summed E-state index contributed by atoms with van der Waals surface area (Å²) in [4.78, 5) is 23.0. The molecule has 0 heterocycles. The highest BCUT2D eigenvalue weighted by molar-refractivity contribution is 5.78. The van der Waals surface area contributed by atoms with Crippen LogP contribution in [0.25, 0.3) is 0 Å². The van der Waals surface area contributed by atoms with Gasteiger partial charge in [0.15, 0.2) is 0 Å². The van der Waals surface area contributed by atoms with Crippen molar-refractivity contribution in [3.05, 3.63) is 35.4 Å². The Hall–Kier alpha value is -1.84. The fraction of sp³-hybridized carbons (Fsp3) is 0.529. The lowest BCUT2D eigenvalue weighted by molar-refractivity contribution is -0.124. The first kappa shape index (κ1) is 17.2. The SMILES string of the molecule is CCc1ccc(CCC(=O)NCCNC(=O)C(C)C)cc1. The van der Waals surface area contributed by atoms with Gasteiger partial charge in [-0.05, 0) is 24.0 Å². The summed E-state index contributed by atoms with van der Waals surface area (Å²) in [7, 11) is 0. The molecule has 0 saturated heterocycles. The standard InChI is InChI=1S/C17H26N2O2/c1-4-14-5-7-15(8-6-14)9-10-16(20)18-11-12-19-17(21)13(2)3/h5-8,13H,4,9-12H2,1-3H3,(H,18,20)(H,19,21). The highest BCUT2D eigenvalue weighted by Gasteiger charge is 2.06. The maximum atomic E-state index is 11.7. The van der Waals surface area contributed by atoms with Crippen molar-refractivity contribution in [3.63, 3.8) is 0 Å². The van der Waals surface area contributed by atoms with Crippen molar-refractivity contribution in [3.8, 4) is 0 Å². The summed E-state index contributed by atoms with van der Waals surface area (Å²) >= 11 is 0. The summed E-state index contributed by atoms with van der Waals surface area (Å²) < 4.78 is 0. The third-order valence-corrected chi connectivity index (χ3v) is 3.34. The van der Waals surface area contributed by atoms with Gasteiger partial charge in [0.2, 0.25) is 11.8 Å². The van der Waals surface area contributed by atoms with E-state index in [9.17, 15) is 9.59 Å². The topological polar surface area (TPSA) is 58.2 Å². The lowest BCUT2D eigenvalue weighted by Crippen LogP contribution is -2.36. The molecule has 1 aromatic carbocycles. The van der Waals surface area contributed by atoms with Crippen molar-refractivity contribution in [2.24, 2.45) is 5.92 Å². The Morgan fingerprint density at radius 3 is 2.14 bits per heavy atom. The minimum absolute atomic E-state index is 0.0141. The molecule has 116 valence electrons. The molecule has 1 aromatic rings. The van der Waals surface area contributed by atoms with Crippen LogP contribution in [-0.4, -0.2) is 24.9 Å². The van der Waals surface area contributed by atoms with E-state index in [1.807, 2.05) is 13.8 Å². The number of benzene rings is 1. The van der Waals surface area contributed by atoms with E-state index in [-0.39, 0.29) is 17.7 Å². The van der Waals surface area contributed by atoms with Gasteiger partial charge < -0.3 is 10.6 Å². The number of carbonyl (C=O) groups excluding carboxylic acids is 2. The number of hydrogen-bond acceptors (Lipinski definition) is 2. The zero-order valence-corrected chi connectivity index (χ0v) is 13.2. The zero-order chi connectivity index (χ0) is 15.7. The van der Waals surface area contributed by atoms with E-state index >= 15 is 0 Å². The van der Waals surface area contributed by atoms with Crippen molar-refractivity contribution in [2.75, 3.05) is 13.1 Å². The Labute approximate surface area is 127 Å². The fourth-order valence-electron chi connectivity index (χ4n) is 1.88. The molecule has 0 spiro atoms. The van der Waals surface area contributed by atoms with E-state index in [1.54, 1.807) is 0 Å². The van der Waals surface area contributed by atoms with Gasteiger partial charge in [0, 0.05) is 25.4 Å². The predicted molar refractivity (Wildman–Crippen MR) is 85.0 cm³/mol. The number of carbonyl (C=O) groups is 2. The van der Waals surface area contributed by atoms with Gasteiger partial charge in [0.1, 0.15) is 0 Å². The molecule has 2 N–H and O–H groups in total. The third kappa shape index (κ3) is 6.93. The molecule has 0 fully saturated rings. The molecular weight excluding hydrogens is 264 g/mol. The van der Waals surface area contributed by atoms with E-state index in [0.717, 1.165) is 12.8 Å². The molecule has 0 aliphatic carbocycles. The van der Waals surface area contributed by atoms with Crippen molar-refractivity contribution >= 4 is 11.8 Å². The predicted octanol–water partition coefficient (Wildman–Crippen LogP) is 2.07. The second-order valence-corrected chi connectivity index (χ2v) is 5.47. The number of nitrogens with one attached hydrogen (secondary N) is 2. The summed E-state index contributed by atoms with van der Waals surface area (Å²) in [5.74, 6) is 0.0143. The van der Waals surface area contributed by atoms with E-state index in [1.165, 1.54) is 11.1 Å². The van der Waals surface area contributed by atoms with E-state index in [4.69, 9.17) is 0 Å². The summed E-state index contributed by atoms with van der Waals surface area (Å²) in [6, 6.07) is 8.37. The van der Waals surface area contributed by atoms with Crippen LogP contribution in [0.2, 0.25) is 0 Å². The average Bonchev–Trinajstić information content (AvgIpc) is 2.49. The summed E-state index contributed by atoms with van der Waals surface area (Å²) in [6.45, 7) is 6.77. The molecule has 0 aliphatic rings. The van der Waals surface area contributed by atoms with Crippen LogP contribution in [0.15, 0.2) is 24.3 Å². The van der Waals surface area contributed by atoms with Crippen molar-refractivity contribution < 1.29 is 9.59 Å². The molecule has 0 atom stereocenters. The molecule has 0 bridgehead atoms. The molecular formula is C17H26N2O2. The Morgan fingerprint density at radius 2 is 1.57 bits per heavy atom. The van der Waals surface area contributed by atoms with Crippen LogP contribution in [-0.2, 0) is 22.4 Å². The summed E-state index contributed by atoms with van der Waals surface area (Å²) in [5, 5.41) is 5.59. The number of hydrogen-bond donors (Lipinski definition) is 2. The first-order valence-electron chi connectivity index (χ1n) is 7.65.